The largest absolute Gasteiger partial charge is 0.416 e. The molecule has 0 fully saturated rings. The number of carbonyl (C=O) groups is 1. The normalized spacial score (nSPS) is 11.7. The zero-order valence-electron chi connectivity index (χ0n) is 13.9. The van der Waals surface area contributed by atoms with Crippen molar-refractivity contribution in [2.24, 2.45) is 0 Å². The number of nitrogens with zero attached hydrogens (tertiary/aromatic N) is 1. The fourth-order valence-corrected chi connectivity index (χ4v) is 2.28. The second-order valence-corrected chi connectivity index (χ2v) is 5.86. The molecule has 0 aromatic heterocycles. The summed E-state index contributed by atoms with van der Waals surface area (Å²) in [5.74, 6) is -2.43. The van der Waals surface area contributed by atoms with E-state index in [2.05, 4.69) is 5.32 Å². The highest BCUT2D eigenvalue weighted by molar-refractivity contribution is 5.90. The Bertz CT molecular complexity index is 759. The fraction of sp³-hybridized carbons (Fsp3) is 0.278. The third kappa shape index (κ3) is 5.80. The highest BCUT2D eigenvalue weighted by Crippen LogP contribution is 2.29. The molecule has 26 heavy (non-hydrogen) atoms. The number of amides is 1. The molecule has 0 spiro atoms. The Hall–Kier alpha value is -2.48. The minimum Gasteiger partial charge on any atom is -0.326 e. The van der Waals surface area contributed by atoms with E-state index in [0.29, 0.717) is 18.7 Å². The van der Waals surface area contributed by atoms with Crippen LogP contribution in [0.4, 0.5) is 27.6 Å². The Morgan fingerprint density at radius 1 is 1.04 bits per heavy atom. The summed E-state index contributed by atoms with van der Waals surface area (Å²) in [4.78, 5) is 13.6. The predicted octanol–water partition coefficient (Wildman–Crippen LogP) is 4.44. The van der Waals surface area contributed by atoms with Crippen LogP contribution in [0.15, 0.2) is 42.5 Å². The van der Waals surface area contributed by atoms with Crippen LogP contribution in [0.2, 0.25) is 0 Å². The van der Waals surface area contributed by atoms with Crippen molar-refractivity contribution in [1.82, 2.24) is 4.90 Å². The second kappa shape index (κ2) is 8.27. The molecule has 1 amide bonds. The maximum Gasteiger partial charge on any atom is 0.416 e. The first kappa shape index (κ1) is 19.8. The molecular formula is C18H17F5N2O. The lowest BCUT2D eigenvalue weighted by Crippen LogP contribution is -2.24. The average molecular weight is 372 g/mol. The molecule has 2 aromatic rings. The van der Waals surface area contributed by atoms with Gasteiger partial charge in [0.05, 0.1) is 5.56 Å². The zero-order chi connectivity index (χ0) is 19.3. The van der Waals surface area contributed by atoms with Crippen LogP contribution in [0, 0.1) is 11.6 Å². The molecule has 0 aliphatic carbocycles. The Balaban J connectivity index is 1.81. The number of hydrogen-bond donors (Lipinski definition) is 1. The van der Waals surface area contributed by atoms with Crippen molar-refractivity contribution in [2.75, 3.05) is 18.9 Å². The van der Waals surface area contributed by atoms with Gasteiger partial charge in [-0.3, -0.25) is 4.79 Å². The minimum absolute atomic E-state index is 0.0934. The van der Waals surface area contributed by atoms with E-state index >= 15 is 0 Å². The fourth-order valence-electron chi connectivity index (χ4n) is 2.28. The van der Waals surface area contributed by atoms with Crippen molar-refractivity contribution < 1.29 is 26.7 Å². The number of halogens is 5. The average Bonchev–Trinajstić information content (AvgIpc) is 2.56. The van der Waals surface area contributed by atoms with Gasteiger partial charge < -0.3 is 10.2 Å². The molecule has 2 rings (SSSR count). The van der Waals surface area contributed by atoms with Gasteiger partial charge >= 0.3 is 6.18 Å². The quantitative estimate of drug-likeness (QED) is 0.760. The standard InChI is InChI=1S/C18H17F5N2O/c1-25(11-12-2-4-13(5-3-12)18(21,22)23)9-8-17(26)24-14-6-7-15(19)16(20)10-14/h2-7,10H,8-9,11H2,1H3,(H,24,26). The summed E-state index contributed by atoms with van der Waals surface area (Å²) in [6.45, 7) is 0.715. The highest BCUT2D eigenvalue weighted by atomic mass is 19.4. The number of hydrogen-bond acceptors (Lipinski definition) is 2. The first-order chi connectivity index (χ1) is 12.1. The maximum atomic E-state index is 13.1. The number of rotatable bonds is 6. The van der Waals surface area contributed by atoms with E-state index in [-0.39, 0.29) is 18.0 Å². The molecule has 3 nitrogen and oxygen atoms in total. The molecule has 0 saturated carbocycles. The van der Waals surface area contributed by atoms with Gasteiger partial charge in [0.25, 0.3) is 0 Å². The van der Waals surface area contributed by atoms with Gasteiger partial charge in [-0.05, 0) is 36.9 Å². The summed E-state index contributed by atoms with van der Waals surface area (Å²) in [6, 6.07) is 7.86. The molecular weight excluding hydrogens is 355 g/mol. The molecule has 0 unspecified atom stereocenters. The molecule has 1 N–H and O–H groups in total. The smallest absolute Gasteiger partial charge is 0.326 e. The summed E-state index contributed by atoms with van der Waals surface area (Å²) in [5.41, 5.74) is 0.121. The van der Waals surface area contributed by atoms with Gasteiger partial charge in [0.1, 0.15) is 0 Å². The molecule has 8 heteroatoms. The molecule has 2 aromatic carbocycles. The lowest BCUT2D eigenvalue weighted by molar-refractivity contribution is -0.137. The van der Waals surface area contributed by atoms with Gasteiger partial charge in [-0.2, -0.15) is 13.2 Å². The predicted molar refractivity (Wildman–Crippen MR) is 87.4 cm³/mol. The van der Waals surface area contributed by atoms with E-state index in [9.17, 15) is 26.7 Å². The molecule has 0 bridgehead atoms. The van der Waals surface area contributed by atoms with Crippen molar-refractivity contribution in [3.8, 4) is 0 Å². The maximum absolute atomic E-state index is 13.1. The summed E-state index contributed by atoms with van der Waals surface area (Å²) in [6.07, 6.45) is -4.28. The topological polar surface area (TPSA) is 32.3 Å². The lowest BCUT2D eigenvalue weighted by Gasteiger charge is -2.17. The van der Waals surface area contributed by atoms with Crippen LogP contribution in [0.25, 0.3) is 0 Å². The molecule has 140 valence electrons. The molecule has 0 atom stereocenters. The van der Waals surface area contributed by atoms with Gasteiger partial charge in [0.2, 0.25) is 5.91 Å². The van der Waals surface area contributed by atoms with Gasteiger partial charge in [0.15, 0.2) is 11.6 Å². The summed E-state index contributed by atoms with van der Waals surface area (Å²) >= 11 is 0. The number of benzene rings is 2. The van der Waals surface area contributed by atoms with Crippen LogP contribution in [0.5, 0.6) is 0 Å². The van der Waals surface area contributed by atoms with Gasteiger partial charge in [0, 0.05) is 31.3 Å². The molecule has 0 saturated heterocycles. The second-order valence-electron chi connectivity index (χ2n) is 5.86. The van der Waals surface area contributed by atoms with Crippen LogP contribution in [0.1, 0.15) is 17.5 Å². The van der Waals surface area contributed by atoms with Gasteiger partial charge in [-0.15, -0.1) is 0 Å². The minimum atomic E-state index is -4.37. The van der Waals surface area contributed by atoms with Crippen molar-refractivity contribution in [2.45, 2.75) is 19.1 Å². The third-order valence-electron chi connectivity index (χ3n) is 3.66. The molecule has 0 aliphatic heterocycles. The van der Waals surface area contributed by atoms with E-state index in [0.717, 1.165) is 24.3 Å². The van der Waals surface area contributed by atoms with E-state index in [4.69, 9.17) is 0 Å². The molecule has 0 radical (unpaired) electrons. The van der Waals surface area contributed by atoms with Crippen LogP contribution < -0.4 is 5.32 Å². The van der Waals surface area contributed by atoms with Gasteiger partial charge in [-0.1, -0.05) is 12.1 Å². The SMILES string of the molecule is CN(CCC(=O)Nc1ccc(F)c(F)c1)Cc1ccc(C(F)(F)F)cc1. The van der Waals surface area contributed by atoms with Crippen LogP contribution >= 0.6 is 0 Å². The van der Waals surface area contributed by atoms with Crippen LogP contribution in [-0.2, 0) is 17.5 Å². The number of carbonyl (C=O) groups excluding carboxylic acids is 1. The summed E-state index contributed by atoms with van der Waals surface area (Å²) in [5, 5.41) is 2.46. The third-order valence-corrected chi connectivity index (χ3v) is 3.66. The van der Waals surface area contributed by atoms with Crippen LogP contribution in [-0.4, -0.2) is 24.4 Å². The Morgan fingerprint density at radius 3 is 2.27 bits per heavy atom. The van der Waals surface area contributed by atoms with Crippen molar-refractivity contribution in [3.05, 3.63) is 65.2 Å². The van der Waals surface area contributed by atoms with Crippen molar-refractivity contribution in [3.63, 3.8) is 0 Å². The molecule has 0 aliphatic rings. The van der Waals surface area contributed by atoms with E-state index in [1.165, 1.54) is 18.2 Å². The van der Waals surface area contributed by atoms with E-state index in [1.54, 1.807) is 11.9 Å². The van der Waals surface area contributed by atoms with Crippen molar-refractivity contribution >= 4 is 11.6 Å². The first-order valence-electron chi connectivity index (χ1n) is 7.75. The highest BCUT2D eigenvalue weighted by Gasteiger charge is 2.29. The van der Waals surface area contributed by atoms with E-state index < -0.39 is 23.4 Å². The van der Waals surface area contributed by atoms with Crippen molar-refractivity contribution in [1.29, 1.82) is 0 Å². The number of alkyl halides is 3. The zero-order valence-corrected chi connectivity index (χ0v) is 13.9. The van der Waals surface area contributed by atoms with Gasteiger partial charge in [-0.25, -0.2) is 8.78 Å². The Morgan fingerprint density at radius 2 is 1.69 bits per heavy atom. The number of nitrogens with one attached hydrogen (secondary N) is 1. The number of anilines is 1. The van der Waals surface area contributed by atoms with E-state index in [1.807, 2.05) is 0 Å². The monoisotopic (exact) mass is 372 g/mol. The summed E-state index contributed by atoms with van der Waals surface area (Å²) in [7, 11) is 1.72. The summed E-state index contributed by atoms with van der Waals surface area (Å²) < 4.78 is 63.5. The Kier molecular flexibility index (Phi) is 6.31. The Labute approximate surface area is 147 Å². The lowest BCUT2D eigenvalue weighted by atomic mass is 10.1. The molecule has 0 heterocycles. The van der Waals surface area contributed by atoms with Crippen LogP contribution in [0.3, 0.4) is 0 Å². The first-order valence-corrected chi connectivity index (χ1v) is 7.75.